The summed E-state index contributed by atoms with van der Waals surface area (Å²) in [6.45, 7) is 1.29. The lowest BCUT2D eigenvalue weighted by atomic mass is 10.2. The molecule has 8 nitrogen and oxygen atoms in total. The van der Waals surface area contributed by atoms with Gasteiger partial charge in [-0.15, -0.1) is 0 Å². The minimum Gasteiger partial charge on any atom is -0.484 e. The number of imide groups is 1. The Morgan fingerprint density at radius 1 is 1.10 bits per heavy atom. The molecule has 1 aromatic heterocycles. The van der Waals surface area contributed by atoms with Gasteiger partial charge in [0, 0.05) is 12.1 Å². The average Bonchev–Trinajstić information content (AvgIpc) is 3.54. The first kappa shape index (κ1) is 19.5. The highest BCUT2D eigenvalue weighted by atomic mass is 16.5. The van der Waals surface area contributed by atoms with Crippen LogP contribution in [0.25, 0.3) is 11.0 Å². The zero-order valence-electron chi connectivity index (χ0n) is 16.3. The minimum atomic E-state index is -0.572. The summed E-state index contributed by atoms with van der Waals surface area (Å²) in [5, 5.41) is 5.18. The van der Waals surface area contributed by atoms with E-state index in [0.29, 0.717) is 28.2 Å². The molecule has 0 saturated heterocycles. The molecule has 0 bridgehead atoms. The first-order valence-corrected chi connectivity index (χ1v) is 9.53. The van der Waals surface area contributed by atoms with E-state index in [1.807, 2.05) is 18.2 Å². The zero-order chi connectivity index (χ0) is 21.1. The molecule has 30 heavy (non-hydrogen) atoms. The van der Waals surface area contributed by atoms with E-state index in [0.717, 1.165) is 12.8 Å². The Labute approximate surface area is 171 Å². The number of hydrogen-bond acceptors (Lipinski definition) is 6. The summed E-state index contributed by atoms with van der Waals surface area (Å²) in [6.07, 6.45) is 1.86. The molecule has 0 radical (unpaired) electrons. The van der Waals surface area contributed by atoms with E-state index in [-0.39, 0.29) is 23.8 Å². The van der Waals surface area contributed by atoms with Crippen LogP contribution < -0.4 is 25.5 Å². The highest BCUT2D eigenvalue weighted by Crippen LogP contribution is 2.27. The molecule has 1 fully saturated rings. The van der Waals surface area contributed by atoms with E-state index in [4.69, 9.17) is 13.9 Å². The van der Waals surface area contributed by atoms with Gasteiger partial charge in [-0.05, 0) is 44.0 Å². The van der Waals surface area contributed by atoms with Crippen LogP contribution in [-0.2, 0) is 4.79 Å². The number of para-hydroxylation sites is 1. The average molecular weight is 408 g/mol. The minimum absolute atomic E-state index is 0.114. The molecule has 0 aliphatic heterocycles. The lowest BCUT2D eigenvalue weighted by Gasteiger charge is -2.10. The van der Waals surface area contributed by atoms with Crippen LogP contribution in [0.4, 0.5) is 4.79 Å². The second-order valence-corrected chi connectivity index (χ2v) is 6.97. The number of aryl methyl sites for hydroxylation is 1. The van der Waals surface area contributed by atoms with E-state index in [1.54, 1.807) is 31.2 Å². The quantitative estimate of drug-likeness (QED) is 0.648. The summed E-state index contributed by atoms with van der Waals surface area (Å²) in [7, 11) is 0. The summed E-state index contributed by atoms with van der Waals surface area (Å²) < 4.78 is 16.9. The predicted molar refractivity (Wildman–Crippen MR) is 109 cm³/mol. The van der Waals surface area contributed by atoms with E-state index in [2.05, 4.69) is 10.6 Å². The standard InChI is InChI=1S/C22H20N2O6/c1-13-21(30-15-5-3-2-4-6-15)20(26)17-10-9-16(11-18(17)29-13)28-12-19(25)24-22(27)23-14-7-8-14/h2-6,9-11,14H,7-8,12H2,1H3,(H2,23,24,25,27). The van der Waals surface area contributed by atoms with Gasteiger partial charge in [-0.25, -0.2) is 4.79 Å². The summed E-state index contributed by atoms with van der Waals surface area (Å²) in [5.41, 5.74) is 0.000870. The van der Waals surface area contributed by atoms with Gasteiger partial charge in [-0.2, -0.15) is 0 Å². The Bertz CT molecular complexity index is 1150. The monoisotopic (exact) mass is 408 g/mol. The maximum absolute atomic E-state index is 12.8. The third kappa shape index (κ3) is 4.60. The maximum Gasteiger partial charge on any atom is 0.321 e. The van der Waals surface area contributed by atoms with Crippen molar-refractivity contribution < 1.29 is 23.5 Å². The number of amides is 3. The zero-order valence-corrected chi connectivity index (χ0v) is 16.3. The van der Waals surface area contributed by atoms with Crippen molar-refractivity contribution in [3.63, 3.8) is 0 Å². The molecule has 1 aliphatic rings. The molecule has 1 heterocycles. The highest BCUT2D eigenvalue weighted by molar-refractivity contribution is 5.95. The molecule has 0 spiro atoms. The van der Waals surface area contributed by atoms with Gasteiger partial charge in [0.25, 0.3) is 5.91 Å². The van der Waals surface area contributed by atoms with Gasteiger partial charge in [-0.1, -0.05) is 18.2 Å². The fraction of sp³-hybridized carbons (Fsp3) is 0.227. The number of fused-ring (bicyclic) bond motifs is 1. The molecule has 154 valence electrons. The lowest BCUT2D eigenvalue weighted by Crippen LogP contribution is -2.42. The van der Waals surface area contributed by atoms with E-state index < -0.39 is 11.9 Å². The SMILES string of the molecule is Cc1oc2cc(OCC(=O)NC(=O)NC3CC3)ccc2c(=O)c1Oc1ccccc1. The number of nitrogens with one attached hydrogen (secondary N) is 2. The van der Waals surface area contributed by atoms with Crippen LogP contribution in [0.3, 0.4) is 0 Å². The van der Waals surface area contributed by atoms with Crippen LogP contribution in [0.5, 0.6) is 17.2 Å². The smallest absolute Gasteiger partial charge is 0.321 e. The molecule has 0 atom stereocenters. The fourth-order valence-electron chi connectivity index (χ4n) is 2.84. The molecule has 2 N–H and O–H groups in total. The third-order valence-corrected chi connectivity index (χ3v) is 4.49. The van der Waals surface area contributed by atoms with Crippen molar-refractivity contribution in [1.82, 2.24) is 10.6 Å². The van der Waals surface area contributed by atoms with Crippen LogP contribution >= 0.6 is 0 Å². The molecule has 1 saturated carbocycles. The number of rotatable bonds is 6. The van der Waals surface area contributed by atoms with Crippen molar-refractivity contribution in [2.45, 2.75) is 25.8 Å². The van der Waals surface area contributed by atoms with E-state index in [1.165, 1.54) is 6.07 Å². The fourth-order valence-corrected chi connectivity index (χ4v) is 2.84. The number of hydrogen-bond donors (Lipinski definition) is 2. The molecular weight excluding hydrogens is 388 g/mol. The van der Waals surface area contributed by atoms with Gasteiger partial charge < -0.3 is 19.2 Å². The number of urea groups is 1. The third-order valence-electron chi connectivity index (χ3n) is 4.49. The molecule has 3 amide bonds. The van der Waals surface area contributed by atoms with Crippen LogP contribution in [0.15, 0.2) is 57.7 Å². The molecule has 4 rings (SSSR count). The Balaban J connectivity index is 1.46. The Morgan fingerprint density at radius 2 is 1.87 bits per heavy atom. The van der Waals surface area contributed by atoms with E-state index in [9.17, 15) is 14.4 Å². The number of carbonyl (C=O) groups excluding carboxylic acids is 2. The first-order valence-electron chi connectivity index (χ1n) is 9.53. The van der Waals surface area contributed by atoms with Crippen LogP contribution in [0, 0.1) is 6.92 Å². The molecular formula is C22H20N2O6. The van der Waals surface area contributed by atoms with Gasteiger partial charge >= 0.3 is 6.03 Å². The highest BCUT2D eigenvalue weighted by Gasteiger charge is 2.24. The van der Waals surface area contributed by atoms with Gasteiger partial charge in [0.2, 0.25) is 11.2 Å². The summed E-state index contributed by atoms with van der Waals surface area (Å²) in [5.74, 6) is 0.729. The molecule has 1 aliphatic carbocycles. The van der Waals surface area contributed by atoms with Crippen molar-refractivity contribution in [2.75, 3.05) is 6.61 Å². The second-order valence-electron chi connectivity index (χ2n) is 6.97. The van der Waals surface area contributed by atoms with Crippen molar-refractivity contribution >= 4 is 22.9 Å². The Kier molecular flexibility index (Phi) is 5.38. The number of carbonyl (C=O) groups is 2. The first-order chi connectivity index (χ1) is 14.5. The second kappa shape index (κ2) is 8.28. The lowest BCUT2D eigenvalue weighted by molar-refractivity contribution is -0.122. The molecule has 8 heteroatoms. The predicted octanol–water partition coefficient (Wildman–Crippen LogP) is 3.26. The summed E-state index contributed by atoms with van der Waals surface area (Å²) in [6, 6.07) is 13.2. The van der Waals surface area contributed by atoms with Crippen molar-refractivity contribution in [3.8, 4) is 17.2 Å². The molecule has 0 unspecified atom stereocenters. The summed E-state index contributed by atoms with van der Waals surface area (Å²) >= 11 is 0. The Morgan fingerprint density at radius 3 is 2.60 bits per heavy atom. The normalized spacial score (nSPS) is 13.0. The largest absolute Gasteiger partial charge is 0.484 e. The molecule has 3 aromatic rings. The topological polar surface area (TPSA) is 107 Å². The van der Waals surface area contributed by atoms with E-state index >= 15 is 0 Å². The van der Waals surface area contributed by atoms with Crippen molar-refractivity contribution in [2.24, 2.45) is 0 Å². The summed E-state index contributed by atoms with van der Waals surface area (Å²) in [4.78, 5) is 36.2. The van der Waals surface area contributed by atoms with Gasteiger partial charge in [0.15, 0.2) is 6.61 Å². The van der Waals surface area contributed by atoms with Crippen LogP contribution in [0.2, 0.25) is 0 Å². The van der Waals surface area contributed by atoms with Crippen molar-refractivity contribution in [1.29, 1.82) is 0 Å². The van der Waals surface area contributed by atoms with Gasteiger partial charge in [-0.3, -0.25) is 14.9 Å². The number of ether oxygens (including phenoxy) is 2. The van der Waals surface area contributed by atoms with Gasteiger partial charge in [0.05, 0.1) is 5.39 Å². The van der Waals surface area contributed by atoms with Crippen LogP contribution in [0.1, 0.15) is 18.6 Å². The molecule has 2 aromatic carbocycles. The van der Waals surface area contributed by atoms with Crippen molar-refractivity contribution in [3.05, 3.63) is 64.5 Å². The maximum atomic E-state index is 12.8. The number of benzene rings is 2. The van der Waals surface area contributed by atoms with Gasteiger partial charge in [0.1, 0.15) is 22.8 Å². The van der Waals surface area contributed by atoms with Crippen LogP contribution in [-0.4, -0.2) is 24.6 Å². The Hall–Kier alpha value is -3.81.